The Morgan fingerprint density at radius 1 is 1.29 bits per heavy atom. The number of benzene rings is 1. The summed E-state index contributed by atoms with van der Waals surface area (Å²) >= 11 is 16.7. The molecule has 0 saturated heterocycles. The van der Waals surface area contributed by atoms with Gasteiger partial charge >= 0.3 is 0 Å². The molecule has 0 spiro atoms. The lowest BCUT2D eigenvalue weighted by molar-refractivity contribution is 0.626. The summed E-state index contributed by atoms with van der Waals surface area (Å²) in [7, 11) is 0. The van der Waals surface area contributed by atoms with Crippen molar-refractivity contribution in [3.05, 3.63) is 55.4 Å². The minimum absolute atomic E-state index is 0.0644. The molecule has 0 bridgehead atoms. The monoisotopic (exact) mass is 352 g/mol. The van der Waals surface area contributed by atoms with Crippen LogP contribution in [-0.2, 0) is 0 Å². The van der Waals surface area contributed by atoms with Crippen molar-refractivity contribution < 1.29 is 4.39 Å². The molecule has 0 fully saturated rings. The van der Waals surface area contributed by atoms with Crippen molar-refractivity contribution in [2.75, 3.05) is 0 Å². The van der Waals surface area contributed by atoms with E-state index in [-0.39, 0.29) is 9.85 Å². The lowest BCUT2D eigenvalue weighted by Crippen LogP contribution is -1.91. The molecule has 0 aliphatic heterocycles. The summed E-state index contributed by atoms with van der Waals surface area (Å²) in [6.07, 6.45) is 0. The van der Waals surface area contributed by atoms with Crippen LogP contribution in [0.4, 0.5) is 4.39 Å². The second kappa shape index (κ2) is 5.27. The van der Waals surface area contributed by atoms with E-state index >= 15 is 0 Å². The maximum atomic E-state index is 13.4. The number of thiophene rings is 1. The zero-order valence-electron chi connectivity index (χ0n) is 8.81. The summed E-state index contributed by atoms with van der Waals surface area (Å²) in [5.41, 5.74) is 1.86. The van der Waals surface area contributed by atoms with Gasteiger partial charge in [-0.25, -0.2) is 4.39 Å². The zero-order chi connectivity index (χ0) is 12.6. The number of rotatable bonds is 2. The van der Waals surface area contributed by atoms with E-state index in [0.29, 0.717) is 0 Å². The first-order chi connectivity index (χ1) is 7.99. The van der Waals surface area contributed by atoms with Crippen LogP contribution in [0.5, 0.6) is 0 Å². The minimum Gasteiger partial charge on any atom is -0.205 e. The van der Waals surface area contributed by atoms with Crippen LogP contribution in [0.25, 0.3) is 0 Å². The third-order valence-corrected chi connectivity index (χ3v) is 5.61. The Balaban J connectivity index is 2.36. The average Bonchev–Trinajstić information content (AvgIpc) is 2.62. The van der Waals surface area contributed by atoms with Crippen molar-refractivity contribution in [2.45, 2.75) is 11.8 Å². The van der Waals surface area contributed by atoms with Gasteiger partial charge in [0, 0.05) is 4.88 Å². The average molecular weight is 354 g/mol. The van der Waals surface area contributed by atoms with E-state index in [0.717, 1.165) is 20.3 Å². The van der Waals surface area contributed by atoms with Gasteiger partial charge in [-0.1, -0.05) is 45.2 Å². The Morgan fingerprint density at radius 3 is 2.53 bits per heavy atom. The molecule has 1 aromatic heterocycles. The van der Waals surface area contributed by atoms with Gasteiger partial charge in [0.05, 0.1) is 14.2 Å². The lowest BCUT2D eigenvalue weighted by Gasteiger charge is -2.08. The van der Waals surface area contributed by atoms with Gasteiger partial charge < -0.3 is 0 Å². The van der Waals surface area contributed by atoms with E-state index in [9.17, 15) is 4.39 Å². The van der Waals surface area contributed by atoms with Crippen molar-refractivity contribution in [3.63, 3.8) is 0 Å². The van der Waals surface area contributed by atoms with Crippen LogP contribution in [-0.4, -0.2) is 0 Å². The minimum atomic E-state index is -0.409. The Kier molecular flexibility index (Phi) is 4.14. The molecule has 0 aliphatic carbocycles. The summed E-state index contributed by atoms with van der Waals surface area (Å²) in [6.45, 7) is 1.95. The molecule has 0 N–H and O–H groups in total. The molecule has 2 aromatic rings. The molecule has 0 saturated carbocycles. The maximum Gasteiger partial charge on any atom is 0.142 e. The first kappa shape index (κ1) is 13.3. The molecule has 90 valence electrons. The highest BCUT2D eigenvalue weighted by atomic mass is 79.9. The predicted octanol–water partition coefficient (Wildman–Crippen LogP) is 5.99. The first-order valence-electron chi connectivity index (χ1n) is 4.84. The molecule has 1 unspecified atom stereocenters. The molecule has 0 nitrogen and oxygen atoms in total. The normalized spacial score (nSPS) is 12.8. The molecule has 5 heteroatoms. The molecule has 1 aromatic carbocycles. The standard InChI is InChI=1S/C12H8BrCl2FS/c1-6-4-10(17-12(6)15)11(13)7-2-3-8(14)9(16)5-7/h2-5,11H,1H3. The molecule has 0 radical (unpaired) electrons. The third-order valence-electron chi connectivity index (χ3n) is 2.36. The fourth-order valence-electron chi connectivity index (χ4n) is 1.44. The van der Waals surface area contributed by atoms with Gasteiger partial charge in [0.25, 0.3) is 0 Å². The van der Waals surface area contributed by atoms with Gasteiger partial charge in [0.2, 0.25) is 0 Å². The zero-order valence-corrected chi connectivity index (χ0v) is 12.7. The van der Waals surface area contributed by atoms with Crippen LogP contribution < -0.4 is 0 Å². The second-order valence-corrected chi connectivity index (χ2v) is 6.65. The predicted molar refractivity (Wildman–Crippen MR) is 76.2 cm³/mol. The SMILES string of the molecule is Cc1cc(C(Br)c2ccc(Cl)c(F)c2)sc1Cl. The van der Waals surface area contributed by atoms with Crippen LogP contribution in [0, 0.1) is 12.7 Å². The summed E-state index contributed by atoms with van der Waals surface area (Å²) in [4.78, 5) is 0.986. The molecular formula is C12H8BrCl2FS. The van der Waals surface area contributed by atoms with E-state index in [4.69, 9.17) is 23.2 Å². The third kappa shape index (κ3) is 2.84. The Hall–Kier alpha value is -0.0900. The van der Waals surface area contributed by atoms with Crippen molar-refractivity contribution in [1.82, 2.24) is 0 Å². The molecule has 0 aliphatic rings. The second-order valence-electron chi connectivity index (χ2n) is 3.64. The highest BCUT2D eigenvalue weighted by Crippen LogP contribution is 2.39. The van der Waals surface area contributed by atoms with Gasteiger partial charge in [-0.3, -0.25) is 0 Å². The Morgan fingerprint density at radius 2 is 2.00 bits per heavy atom. The van der Waals surface area contributed by atoms with Crippen LogP contribution >= 0.6 is 50.5 Å². The summed E-state index contributed by atoms with van der Waals surface area (Å²) in [5, 5.41) is 0.133. The first-order valence-corrected chi connectivity index (χ1v) is 7.32. The van der Waals surface area contributed by atoms with Crippen molar-refractivity contribution in [3.8, 4) is 0 Å². The van der Waals surface area contributed by atoms with Crippen LogP contribution in [0.3, 0.4) is 0 Å². The number of aryl methyl sites for hydroxylation is 1. The van der Waals surface area contributed by atoms with Crippen molar-refractivity contribution >= 4 is 50.5 Å². The van der Waals surface area contributed by atoms with Gasteiger partial charge in [-0.2, -0.15) is 0 Å². The van der Waals surface area contributed by atoms with E-state index in [1.165, 1.54) is 17.4 Å². The van der Waals surface area contributed by atoms with E-state index in [1.807, 2.05) is 13.0 Å². The Labute approximate surface area is 121 Å². The molecular weight excluding hydrogens is 346 g/mol. The van der Waals surface area contributed by atoms with Crippen LogP contribution in [0.1, 0.15) is 20.8 Å². The van der Waals surface area contributed by atoms with Gasteiger partial charge in [-0.05, 0) is 36.2 Å². The largest absolute Gasteiger partial charge is 0.205 e. The molecule has 1 atom stereocenters. The maximum absolute atomic E-state index is 13.4. The smallest absolute Gasteiger partial charge is 0.142 e. The van der Waals surface area contributed by atoms with E-state index < -0.39 is 5.82 Å². The number of hydrogen-bond acceptors (Lipinski definition) is 1. The van der Waals surface area contributed by atoms with Crippen molar-refractivity contribution in [1.29, 1.82) is 0 Å². The van der Waals surface area contributed by atoms with E-state index in [2.05, 4.69) is 15.9 Å². The van der Waals surface area contributed by atoms with E-state index in [1.54, 1.807) is 12.1 Å². The topological polar surface area (TPSA) is 0 Å². The van der Waals surface area contributed by atoms with Gasteiger partial charge in [0.15, 0.2) is 0 Å². The van der Waals surface area contributed by atoms with Gasteiger partial charge in [0.1, 0.15) is 5.82 Å². The molecule has 0 amide bonds. The Bertz CT molecular complexity index is 534. The fraction of sp³-hybridized carbons (Fsp3) is 0.167. The number of hydrogen-bond donors (Lipinski definition) is 0. The number of halogens is 4. The summed E-state index contributed by atoms with van der Waals surface area (Å²) in [6, 6.07) is 6.79. The fourth-order valence-corrected chi connectivity index (χ4v) is 3.48. The lowest BCUT2D eigenvalue weighted by atomic mass is 10.1. The molecule has 2 rings (SSSR count). The van der Waals surface area contributed by atoms with Crippen LogP contribution in [0.2, 0.25) is 9.36 Å². The van der Waals surface area contributed by atoms with Crippen LogP contribution in [0.15, 0.2) is 24.3 Å². The molecule has 1 heterocycles. The van der Waals surface area contributed by atoms with Crippen molar-refractivity contribution in [2.24, 2.45) is 0 Å². The summed E-state index contributed by atoms with van der Waals surface area (Å²) in [5.74, 6) is -0.409. The quantitative estimate of drug-likeness (QED) is 0.582. The molecule has 17 heavy (non-hydrogen) atoms. The number of alkyl halides is 1. The summed E-state index contributed by atoms with van der Waals surface area (Å²) < 4.78 is 14.1. The highest BCUT2D eigenvalue weighted by Gasteiger charge is 2.15. The van der Waals surface area contributed by atoms with Gasteiger partial charge in [-0.15, -0.1) is 11.3 Å². The highest BCUT2D eigenvalue weighted by molar-refractivity contribution is 9.09.